The molecule has 3 unspecified atom stereocenters. The maximum atomic E-state index is 13.0. The van der Waals surface area contributed by atoms with Crippen LogP contribution < -0.4 is 5.32 Å². The lowest BCUT2D eigenvalue weighted by molar-refractivity contribution is -0.147. The number of nitriles is 2. The van der Waals surface area contributed by atoms with Crippen LogP contribution in [0.4, 0.5) is 0 Å². The fourth-order valence-corrected chi connectivity index (χ4v) is 4.93. The van der Waals surface area contributed by atoms with Gasteiger partial charge >= 0.3 is 0 Å². The molecular formula is C18H27N7O. The van der Waals surface area contributed by atoms with E-state index >= 15 is 0 Å². The number of piperazine rings is 2. The average Bonchev–Trinajstić information content (AvgIpc) is 3.18. The van der Waals surface area contributed by atoms with E-state index in [1.807, 2.05) is 4.90 Å². The molecule has 1 saturated carbocycles. The van der Waals surface area contributed by atoms with Gasteiger partial charge in [0.25, 0.3) is 0 Å². The van der Waals surface area contributed by atoms with Gasteiger partial charge in [-0.25, -0.2) is 0 Å². The molecule has 0 radical (unpaired) electrons. The minimum Gasteiger partial charge on any atom is -0.323 e. The molecule has 3 saturated heterocycles. The number of hydrogen-bond donors (Lipinski definition) is 1. The molecule has 4 rings (SSSR count). The van der Waals surface area contributed by atoms with Crippen molar-refractivity contribution in [3.05, 3.63) is 0 Å². The van der Waals surface area contributed by atoms with Crippen LogP contribution in [0.2, 0.25) is 0 Å². The van der Waals surface area contributed by atoms with Crippen molar-refractivity contribution in [1.82, 2.24) is 24.9 Å². The SMILES string of the molecule is N#CC1CCCC(N2CNC(N3CCN4CCN(C#N)C[C@@H]4C3=O)C2)C1. The van der Waals surface area contributed by atoms with E-state index in [2.05, 4.69) is 27.4 Å². The van der Waals surface area contributed by atoms with Gasteiger partial charge in [0, 0.05) is 44.7 Å². The van der Waals surface area contributed by atoms with E-state index in [9.17, 15) is 10.1 Å². The summed E-state index contributed by atoms with van der Waals surface area (Å²) in [6, 6.07) is 2.69. The smallest absolute Gasteiger partial charge is 0.243 e. The van der Waals surface area contributed by atoms with Gasteiger partial charge in [0.05, 0.1) is 25.4 Å². The molecule has 0 aromatic heterocycles. The lowest BCUT2D eigenvalue weighted by Gasteiger charge is -2.46. The standard InChI is InChI=1S/C18H27N7O/c19-9-14-2-1-3-15(8-14)24-11-17(21-13-24)25-7-6-23-5-4-22(12-20)10-16(23)18(25)26/h14-17,21H,1-8,10-11,13H2/t14?,15?,16-,17?/m1/s1. The monoisotopic (exact) mass is 357 g/mol. The molecular weight excluding hydrogens is 330 g/mol. The number of amides is 1. The number of carbonyl (C=O) groups is 1. The van der Waals surface area contributed by atoms with Crippen LogP contribution in [0.25, 0.3) is 0 Å². The van der Waals surface area contributed by atoms with Crippen LogP contribution in [-0.2, 0) is 4.79 Å². The minimum atomic E-state index is -0.189. The van der Waals surface area contributed by atoms with E-state index in [0.717, 1.165) is 65.1 Å². The molecule has 0 aromatic rings. The first-order valence-corrected chi connectivity index (χ1v) is 9.76. The maximum absolute atomic E-state index is 13.0. The van der Waals surface area contributed by atoms with Gasteiger partial charge in [0.1, 0.15) is 6.04 Å². The largest absolute Gasteiger partial charge is 0.323 e. The van der Waals surface area contributed by atoms with Crippen molar-refractivity contribution >= 4 is 5.91 Å². The Morgan fingerprint density at radius 3 is 2.69 bits per heavy atom. The lowest BCUT2D eigenvalue weighted by Crippen LogP contribution is -2.67. The molecule has 0 aromatic carbocycles. The first kappa shape index (κ1) is 17.5. The molecule has 8 nitrogen and oxygen atoms in total. The van der Waals surface area contributed by atoms with Gasteiger partial charge in [-0.05, 0) is 19.3 Å². The molecule has 4 aliphatic rings. The second-order valence-electron chi connectivity index (χ2n) is 7.93. The zero-order chi connectivity index (χ0) is 18.1. The Balaban J connectivity index is 1.37. The normalized spacial score (nSPS) is 36.5. The Kier molecular flexibility index (Phi) is 4.99. The average molecular weight is 357 g/mol. The Morgan fingerprint density at radius 1 is 1.04 bits per heavy atom. The summed E-state index contributed by atoms with van der Waals surface area (Å²) in [4.78, 5) is 21.3. The van der Waals surface area contributed by atoms with Crippen molar-refractivity contribution in [2.24, 2.45) is 5.92 Å². The lowest BCUT2D eigenvalue weighted by atomic mass is 9.86. The molecule has 0 spiro atoms. The molecule has 4 fully saturated rings. The zero-order valence-electron chi connectivity index (χ0n) is 15.2. The van der Waals surface area contributed by atoms with Crippen LogP contribution in [0, 0.1) is 28.7 Å². The van der Waals surface area contributed by atoms with Crippen LogP contribution in [0.5, 0.6) is 0 Å². The van der Waals surface area contributed by atoms with Crippen LogP contribution >= 0.6 is 0 Å². The second-order valence-corrected chi connectivity index (χ2v) is 7.93. The Morgan fingerprint density at radius 2 is 1.88 bits per heavy atom. The first-order chi connectivity index (χ1) is 12.7. The predicted molar refractivity (Wildman–Crippen MR) is 94.1 cm³/mol. The summed E-state index contributed by atoms with van der Waals surface area (Å²) in [7, 11) is 0. The Labute approximate surface area is 154 Å². The summed E-state index contributed by atoms with van der Waals surface area (Å²) in [5.41, 5.74) is 0. The molecule has 1 amide bonds. The van der Waals surface area contributed by atoms with Gasteiger partial charge in [-0.3, -0.25) is 19.9 Å². The maximum Gasteiger partial charge on any atom is 0.243 e. The van der Waals surface area contributed by atoms with Crippen molar-refractivity contribution in [3.63, 3.8) is 0 Å². The fourth-order valence-electron chi connectivity index (χ4n) is 4.93. The molecule has 140 valence electrons. The van der Waals surface area contributed by atoms with Gasteiger partial charge < -0.3 is 9.80 Å². The zero-order valence-corrected chi connectivity index (χ0v) is 15.2. The number of fused-ring (bicyclic) bond motifs is 1. The summed E-state index contributed by atoms with van der Waals surface area (Å²) in [6.45, 7) is 5.28. The fraction of sp³-hybridized carbons (Fsp3) is 0.833. The van der Waals surface area contributed by atoms with Crippen molar-refractivity contribution in [3.8, 4) is 12.3 Å². The van der Waals surface area contributed by atoms with Crippen LogP contribution in [0.1, 0.15) is 25.7 Å². The molecule has 8 heteroatoms. The topological polar surface area (TPSA) is 89.6 Å². The summed E-state index contributed by atoms with van der Waals surface area (Å²) in [6.07, 6.45) is 6.47. The molecule has 1 aliphatic carbocycles. The van der Waals surface area contributed by atoms with E-state index in [1.54, 1.807) is 4.90 Å². The van der Waals surface area contributed by atoms with Gasteiger partial charge in [-0.1, -0.05) is 6.42 Å². The van der Waals surface area contributed by atoms with Crippen LogP contribution in [0.15, 0.2) is 0 Å². The second kappa shape index (κ2) is 7.40. The quantitative estimate of drug-likeness (QED) is 0.671. The molecule has 26 heavy (non-hydrogen) atoms. The van der Waals surface area contributed by atoms with Crippen LogP contribution in [0.3, 0.4) is 0 Å². The minimum absolute atomic E-state index is 0.0459. The third-order valence-electron chi connectivity index (χ3n) is 6.49. The number of hydrogen-bond acceptors (Lipinski definition) is 7. The van der Waals surface area contributed by atoms with Crippen LogP contribution in [-0.4, -0.2) is 89.7 Å². The third-order valence-corrected chi connectivity index (χ3v) is 6.49. The van der Waals surface area contributed by atoms with E-state index in [0.29, 0.717) is 12.6 Å². The van der Waals surface area contributed by atoms with Gasteiger partial charge in [0.15, 0.2) is 6.19 Å². The molecule has 3 heterocycles. The summed E-state index contributed by atoms with van der Waals surface area (Å²) >= 11 is 0. The van der Waals surface area contributed by atoms with E-state index in [-0.39, 0.29) is 24.0 Å². The van der Waals surface area contributed by atoms with Crippen molar-refractivity contribution in [2.45, 2.75) is 43.9 Å². The van der Waals surface area contributed by atoms with E-state index in [4.69, 9.17) is 5.26 Å². The number of carbonyl (C=O) groups excluding carboxylic acids is 1. The number of nitrogens with one attached hydrogen (secondary N) is 1. The Bertz CT molecular complexity index is 626. The molecule has 1 N–H and O–H groups in total. The van der Waals surface area contributed by atoms with Crippen molar-refractivity contribution in [2.75, 3.05) is 45.9 Å². The van der Waals surface area contributed by atoms with Crippen molar-refractivity contribution < 1.29 is 4.79 Å². The van der Waals surface area contributed by atoms with E-state index in [1.165, 1.54) is 0 Å². The molecule has 4 atom stereocenters. The summed E-state index contributed by atoms with van der Waals surface area (Å²) in [5.74, 6) is 0.325. The highest BCUT2D eigenvalue weighted by Crippen LogP contribution is 2.29. The van der Waals surface area contributed by atoms with Gasteiger partial charge in [-0.2, -0.15) is 10.5 Å². The van der Waals surface area contributed by atoms with Crippen molar-refractivity contribution in [1.29, 1.82) is 10.5 Å². The summed E-state index contributed by atoms with van der Waals surface area (Å²) in [5, 5.41) is 21.9. The van der Waals surface area contributed by atoms with Gasteiger partial charge in [-0.15, -0.1) is 0 Å². The predicted octanol–water partition coefficient (Wildman–Crippen LogP) is -0.433. The molecule has 3 aliphatic heterocycles. The van der Waals surface area contributed by atoms with E-state index < -0.39 is 0 Å². The third kappa shape index (κ3) is 3.25. The summed E-state index contributed by atoms with van der Waals surface area (Å²) < 4.78 is 0. The molecule has 0 bridgehead atoms. The number of rotatable bonds is 2. The van der Waals surface area contributed by atoms with Gasteiger partial charge in [0.2, 0.25) is 5.91 Å². The highest BCUT2D eigenvalue weighted by atomic mass is 16.2. The Hall–Kier alpha value is -1.87. The highest BCUT2D eigenvalue weighted by molar-refractivity contribution is 5.83. The number of nitrogens with zero attached hydrogens (tertiary/aromatic N) is 6. The first-order valence-electron chi connectivity index (χ1n) is 9.76. The highest BCUT2D eigenvalue weighted by Gasteiger charge is 2.43.